The van der Waals surface area contributed by atoms with E-state index in [1.54, 1.807) is 0 Å². The summed E-state index contributed by atoms with van der Waals surface area (Å²) in [5.74, 6) is -0.530. The van der Waals surface area contributed by atoms with Crippen LogP contribution in [0.4, 0.5) is 4.79 Å². The molecule has 0 aromatic carbocycles. The van der Waals surface area contributed by atoms with Crippen molar-refractivity contribution < 1.29 is 18.3 Å². The molecule has 0 aliphatic heterocycles. The minimum Gasteiger partial charge on any atom is -0.464 e. The first-order valence-corrected chi connectivity index (χ1v) is 8.49. The van der Waals surface area contributed by atoms with Gasteiger partial charge in [0.15, 0.2) is 0 Å². The Bertz CT molecular complexity index is 566. The van der Waals surface area contributed by atoms with Crippen LogP contribution >= 0.6 is 57.7 Å². The summed E-state index contributed by atoms with van der Waals surface area (Å²) in [6, 6.07) is 3.00. The fourth-order valence-electron chi connectivity index (χ4n) is 1.13. The van der Waals surface area contributed by atoms with Gasteiger partial charge in [0.1, 0.15) is 5.75 Å². The van der Waals surface area contributed by atoms with E-state index in [-0.39, 0.29) is 4.31 Å². The average molecular weight is 387 g/mol. The van der Waals surface area contributed by atoms with Crippen LogP contribution in [-0.2, 0) is 15.8 Å². The number of carbonyl (C=O) groups is 1. The Kier molecular flexibility index (Phi) is 5.62. The molecule has 19 heavy (non-hydrogen) atoms. The maximum atomic E-state index is 12.0. The van der Waals surface area contributed by atoms with E-state index in [4.69, 9.17) is 51.5 Å². The van der Waals surface area contributed by atoms with Crippen molar-refractivity contribution in [2.45, 2.75) is 9.55 Å². The molecule has 1 N–H and O–H groups in total. The highest BCUT2D eigenvalue weighted by atomic mass is 35.6. The van der Waals surface area contributed by atoms with E-state index in [0.717, 1.165) is 11.3 Å². The van der Waals surface area contributed by atoms with Crippen LogP contribution in [0.5, 0.6) is 0 Å². The molecule has 1 rings (SSSR count). The first kappa shape index (κ1) is 17.1. The molecule has 1 aromatic rings. The summed E-state index contributed by atoms with van der Waals surface area (Å²) in [5, 5.41) is 8.90. The number of amides is 1. The number of alkyl halides is 3. The van der Waals surface area contributed by atoms with Gasteiger partial charge in [0.05, 0.1) is 10.9 Å². The topological polar surface area (TPSA) is 74.7 Å². The molecule has 0 bridgehead atoms. The Morgan fingerprint density at radius 2 is 1.95 bits per heavy atom. The number of halogens is 4. The van der Waals surface area contributed by atoms with Crippen LogP contribution in [0.1, 0.15) is 4.88 Å². The molecular formula is C8H7Cl4NO4S2. The van der Waals surface area contributed by atoms with E-state index >= 15 is 0 Å². The number of carboxylic acid groups (broad SMARTS) is 1. The van der Waals surface area contributed by atoms with Crippen LogP contribution in [0, 0.1) is 0 Å². The third-order valence-corrected chi connectivity index (χ3v) is 5.23. The van der Waals surface area contributed by atoms with Gasteiger partial charge in [-0.1, -0.05) is 46.4 Å². The largest absolute Gasteiger partial charge is 0.464 e. The van der Waals surface area contributed by atoms with Gasteiger partial charge in [-0.3, -0.25) is 0 Å². The average Bonchev–Trinajstić information content (AvgIpc) is 2.57. The Hall–Kier alpha value is 0.0800. The lowest BCUT2D eigenvalue weighted by Gasteiger charge is -2.22. The number of rotatable bonds is 4. The van der Waals surface area contributed by atoms with E-state index in [9.17, 15) is 13.2 Å². The fourth-order valence-corrected chi connectivity index (χ4v) is 4.51. The number of hydrogen-bond donors (Lipinski definition) is 1. The molecule has 0 unspecified atom stereocenters. The molecule has 0 spiro atoms. The van der Waals surface area contributed by atoms with Crippen molar-refractivity contribution in [3.05, 3.63) is 21.3 Å². The van der Waals surface area contributed by atoms with Gasteiger partial charge in [-0.15, -0.1) is 11.3 Å². The van der Waals surface area contributed by atoms with Crippen molar-refractivity contribution in [3.8, 4) is 0 Å². The molecule has 1 aromatic heterocycles. The number of sulfonamides is 1. The van der Waals surface area contributed by atoms with Crippen LogP contribution in [0.2, 0.25) is 4.34 Å². The van der Waals surface area contributed by atoms with Crippen LogP contribution < -0.4 is 0 Å². The van der Waals surface area contributed by atoms with Gasteiger partial charge in [0.2, 0.25) is 13.8 Å². The van der Waals surface area contributed by atoms with Gasteiger partial charge in [-0.05, 0) is 12.1 Å². The van der Waals surface area contributed by atoms with Gasteiger partial charge >= 0.3 is 6.09 Å². The van der Waals surface area contributed by atoms with Gasteiger partial charge < -0.3 is 5.11 Å². The molecule has 11 heteroatoms. The van der Waals surface area contributed by atoms with Crippen molar-refractivity contribution in [1.82, 2.24) is 4.31 Å². The van der Waals surface area contributed by atoms with Crippen molar-refractivity contribution in [2.75, 3.05) is 6.54 Å². The van der Waals surface area contributed by atoms with E-state index in [2.05, 4.69) is 0 Å². The molecule has 0 saturated carbocycles. The number of thiophene rings is 1. The van der Waals surface area contributed by atoms with E-state index in [1.165, 1.54) is 12.1 Å². The Morgan fingerprint density at radius 3 is 2.32 bits per heavy atom. The summed E-state index contributed by atoms with van der Waals surface area (Å²) in [4.78, 5) is 11.4. The molecule has 5 nitrogen and oxygen atoms in total. The van der Waals surface area contributed by atoms with Crippen molar-refractivity contribution in [1.29, 1.82) is 0 Å². The Balaban J connectivity index is 2.97. The van der Waals surface area contributed by atoms with Gasteiger partial charge in [0, 0.05) is 4.88 Å². The second kappa shape index (κ2) is 6.24. The second-order valence-corrected chi connectivity index (χ2v) is 9.58. The lowest BCUT2D eigenvalue weighted by Crippen LogP contribution is -2.41. The third kappa shape index (κ3) is 5.53. The molecule has 1 amide bonds. The van der Waals surface area contributed by atoms with Crippen LogP contribution in [0.15, 0.2) is 12.1 Å². The zero-order valence-corrected chi connectivity index (χ0v) is 13.7. The Morgan fingerprint density at radius 1 is 1.37 bits per heavy atom. The highest BCUT2D eigenvalue weighted by Gasteiger charge is 2.35. The molecular weight excluding hydrogens is 380 g/mol. The van der Waals surface area contributed by atoms with Crippen molar-refractivity contribution in [2.24, 2.45) is 0 Å². The summed E-state index contributed by atoms with van der Waals surface area (Å²) in [5.41, 5.74) is 0. The predicted octanol–water partition coefficient (Wildman–Crippen LogP) is 3.58. The summed E-state index contributed by atoms with van der Waals surface area (Å²) in [6.45, 7) is -0.783. The summed E-state index contributed by atoms with van der Waals surface area (Å²) >= 11 is 23.0. The Labute approximate surface area is 133 Å². The number of nitrogens with zero attached hydrogens (tertiary/aromatic N) is 1. The second-order valence-electron chi connectivity index (χ2n) is 3.37. The van der Waals surface area contributed by atoms with E-state index in [0.29, 0.717) is 9.21 Å². The molecule has 1 heterocycles. The van der Waals surface area contributed by atoms with Gasteiger partial charge in [0.25, 0.3) is 0 Å². The standard InChI is InChI=1S/C8H7Cl4NO4S2/c9-6-2-1-5(18-6)3-19(16,17)13(7(14)15)4-8(10,11)12/h1-2H,3-4H2,(H,14,15). The smallest absolute Gasteiger partial charge is 0.421 e. The van der Waals surface area contributed by atoms with Crippen LogP contribution in [0.3, 0.4) is 0 Å². The van der Waals surface area contributed by atoms with Gasteiger partial charge in [-0.2, -0.15) is 4.31 Å². The highest BCUT2D eigenvalue weighted by molar-refractivity contribution is 7.89. The normalized spacial score (nSPS) is 12.4. The molecule has 0 aliphatic carbocycles. The van der Waals surface area contributed by atoms with Gasteiger partial charge in [-0.25, -0.2) is 13.2 Å². The highest BCUT2D eigenvalue weighted by Crippen LogP contribution is 2.30. The van der Waals surface area contributed by atoms with Crippen molar-refractivity contribution >= 4 is 73.9 Å². The monoisotopic (exact) mass is 385 g/mol. The summed E-state index contributed by atoms with van der Waals surface area (Å²) in [7, 11) is -4.16. The zero-order chi connectivity index (χ0) is 14.8. The third-order valence-electron chi connectivity index (χ3n) is 1.83. The van der Waals surface area contributed by atoms with Crippen molar-refractivity contribution in [3.63, 3.8) is 0 Å². The summed E-state index contributed by atoms with van der Waals surface area (Å²) in [6.07, 6.45) is -1.71. The van der Waals surface area contributed by atoms with E-state index < -0.39 is 32.2 Å². The van der Waals surface area contributed by atoms with E-state index in [1.807, 2.05) is 0 Å². The lowest BCUT2D eigenvalue weighted by molar-refractivity contribution is 0.172. The lowest BCUT2D eigenvalue weighted by atomic mass is 10.5. The van der Waals surface area contributed by atoms with Crippen LogP contribution in [0.25, 0.3) is 0 Å². The fraction of sp³-hybridized carbons (Fsp3) is 0.375. The predicted molar refractivity (Wildman–Crippen MR) is 77.0 cm³/mol. The molecule has 0 atom stereocenters. The number of hydrogen-bond acceptors (Lipinski definition) is 4. The maximum absolute atomic E-state index is 12.0. The molecule has 108 valence electrons. The molecule has 0 radical (unpaired) electrons. The van der Waals surface area contributed by atoms with Crippen LogP contribution in [-0.4, -0.2) is 34.3 Å². The molecule has 0 fully saturated rings. The molecule has 0 saturated heterocycles. The minimum absolute atomic E-state index is 0.105. The first-order chi connectivity index (χ1) is 8.51. The first-order valence-electron chi connectivity index (χ1n) is 4.55. The SMILES string of the molecule is O=C(O)N(CC(Cl)(Cl)Cl)S(=O)(=O)Cc1ccc(Cl)s1. The minimum atomic E-state index is -4.16. The maximum Gasteiger partial charge on any atom is 0.421 e. The molecule has 0 aliphatic rings. The summed E-state index contributed by atoms with van der Waals surface area (Å²) < 4.78 is 22.4. The zero-order valence-electron chi connectivity index (χ0n) is 9.02. The quantitative estimate of drug-likeness (QED) is 0.802.